The van der Waals surface area contributed by atoms with Crippen molar-refractivity contribution in [3.05, 3.63) is 21.6 Å². The Morgan fingerprint density at radius 2 is 2.00 bits per heavy atom. The SMILES string of the molecule is CCCCc1[nH]n(CC)c(=O)c1C(C)C. The quantitative estimate of drug-likeness (QED) is 0.797. The highest BCUT2D eigenvalue weighted by molar-refractivity contribution is 5.21. The number of nitrogens with one attached hydrogen (secondary N) is 1. The highest BCUT2D eigenvalue weighted by atomic mass is 16.1. The average molecular weight is 210 g/mol. The van der Waals surface area contributed by atoms with Gasteiger partial charge in [0, 0.05) is 17.8 Å². The summed E-state index contributed by atoms with van der Waals surface area (Å²) in [5.74, 6) is 0.313. The Hall–Kier alpha value is -0.990. The highest BCUT2D eigenvalue weighted by Crippen LogP contribution is 2.15. The largest absolute Gasteiger partial charge is 0.299 e. The summed E-state index contributed by atoms with van der Waals surface area (Å²) in [6, 6.07) is 0. The van der Waals surface area contributed by atoms with Crippen LogP contribution in [0.5, 0.6) is 0 Å². The number of aromatic nitrogens is 2. The van der Waals surface area contributed by atoms with Gasteiger partial charge in [-0.2, -0.15) is 0 Å². The van der Waals surface area contributed by atoms with E-state index in [1.54, 1.807) is 4.68 Å². The topological polar surface area (TPSA) is 37.8 Å². The standard InChI is InChI=1S/C12H22N2O/c1-5-7-8-10-11(9(3)4)12(15)14(6-2)13-10/h9,13H,5-8H2,1-4H3. The van der Waals surface area contributed by atoms with Crippen molar-refractivity contribution in [2.75, 3.05) is 0 Å². The lowest BCUT2D eigenvalue weighted by Gasteiger charge is -2.03. The fourth-order valence-electron chi connectivity index (χ4n) is 1.91. The van der Waals surface area contributed by atoms with Gasteiger partial charge < -0.3 is 0 Å². The third-order valence-corrected chi connectivity index (χ3v) is 2.74. The number of aromatic amines is 1. The number of unbranched alkanes of at least 4 members (excludes halogenated alkanes) is 1. The predicted molar refractivity (Wildman–Crippen MR) is 63.4 cm³/mol. The van der Waals surface area contributed by atoms with Crippen molar-refractivity contribution in [2.24, 2.45) is 0 Å². The zero-order valence-electron chi connectivity index (χ0n) is 10.3. The maximum absolute atomic E-state index is 12.0. The van der Waals surface area contributed by atoms with Crippen molar-refractivity contribution in [1.82, 2.24) is 9.78 Å². The third-order valence-electron chi connectivity index (χ3n) is 2.74. The van der Waals surface area contributed by atoms with Gasteiger partial charge in [-0.25, -0.2) is 0 Å². The molecular formula is C12H22N2O. The minimum atomic E-state index is 0.165. The molecule has 1 rings (SSSR count). The van der Waals surface area contributed by atoms with Crippen LogP contribution in [0.15, 0.2) is 4.79 Å². The number of hydrogen-bond acceptors (Lipinski definition) is 1. The summed E-state index contributed by atoms with van der Waals surface area (Å²) in [7, 11) is 0. The molecule has 3 nitrogen and oxygen atoms in total. The van der Waals surface area contributed by atoms with E-state index in [0.29, 0.717) is 5.92 Å². The third kappa shape index (κ3) is 2.52. The second-order valence-electron chi connectivity index (χ2n) is 4.31. The Kier molecular flexibility index (Phi) is 4.18. The van der Waals surface area contributed by atoms with Gasteiger partial charge in [-0.1, -0.05) is 27.2 Å². The average Bonchev–Trinajstić information content (AvgIpc) is 2.51. The first-order valence-corrected chi connectivity index (χ1v) is 5.93. The van der Waals surface area contributed by atoms with E-state index in [9.17, 15) is 4.79 Å². The number of rotatable bonds is 5. The molecule has 0 aliphatic rings. The molecule has 1 heterocycles. The van der Waals surface area contributed by atoms with Crippen LogP contribution < -0.4 is 5.56 Å². The molecule has 0 aliphatic carbocycles. The molecule has 0 unspecified atom stereocenters. The molecule has 3 heteroatoms. The summed E-state index contributed by atoms with van der Waals surface area (Å²) >= 11 is 0. The van der Waals surface area contributed by atoms with Crippen molar-refractivity contribution >= 4 is 0 Å². The Balaban J connectivity index is 3.07. The molecule has 0 aliphatic heterocycles. The number of H-pyrrole nitrogens is 1. The highest BCUT2D eigenvalue weighted by Gasteiger charge is 2.15. The van der Waals surface area contributed by atoms with E-state index in [0.717, 1.165) is 37.1 Å². The van der Waals surface area contributed by atoms with Crippen LogP contribution in [0.4, 0.5) is 0 Å². The van der Waals surface area contributed by atoms with E-state index < -0.39 is 0 Å². The second-order valence-corrected chi connectivity index (χ2v) is 4.31. The van der Waals surface area contributed by atoms with Crippen LogP contribution in [0.3, 0.4) is 0 Å². The zero-order chi connectivity index (χ0) is 11.4. The lowest BCUT2D eigenvalue weighted by molar-refractivity contribution is 0.621. The van der Waals surface area contributed by atoms with E-state index in [1.807, 2.05) is 6.92 Å². The first kappa shape index (κ1) is 12.1. The van der Waals surface area contributed by atoms with Crippen LogP contribution in [0, 0.1) is 0 Å². The van der Waals surface area contributed by atoms with Gasteiger partial charge in [-0.3, -0.25) is 14.6 Å². The second kappa shape index (κ2) is 5.19. The molecule has 0 aromatic carbocycles. The molecule has 0 fully saturated rings. The molecule has 0 spiro atoms. The fourth-order valence-corrected chi connectivity index (χ4v) is 1.91. The lowest BCUT2D eigenvalue weighted by Crippen LogP contribution is -2.18. The van der Waals surface area contributed by atoms with Crippen LogP contribution in [0.1, 0.15) is 57.7 Å². The van der Waals surface area contributed by atoms with Gasteiger partial charge >= 0.3 is 0 Å². The molecule has 0 saturated heterocycles. The molecule has 86 valence electrons. The normalized spacial score (nSPS) is 11.3. The molecule has 1 N–H and O–H groups in total. The summed E-state index contributed by atoms with van der Waals surface area (Å²) in [5, 5.41) is 3.22. The van der Waals surface area contributed by atoms with Crippen molar-refractivity contribution in [3.8, 4) is 0 Å². The van der Waals surface area contributed by atoms with Crippen LogP contribution in [0.2, 0.25) is 0 Å². The molecule has 1 aromatic heterocycles. The molecule has 15 heavy (non-hydrogen) atoms. The van der Waals surface area contributed by atoms with Crippen molar-refractivity contribution in [3.63, 3.8) is 0 Å². The first-order chi connectivity index (χ1) is 7.11. The zero-order valence-corrected chi connectivity index (χ0v) is 10.3. The first-order valence-electron chi connectivity index (χ1n) is 5.93. The maximum atomic E-state index is 12.0. The van der Waals surface area contributed by atoms with Crippen LogP contribution in [0.25, 0.3) is 0 Å². The van der Waals surface area contributed by atoms with Gasteiger partial charge in [0.1, 0.15) is 0 Å². The van der Waals surface area contributed by atoms with E-state index in [1.165, 1.54) is 0 Å². The Morgan fingerprint density at radius 3 is 2.47 bits per heavy atom. The van der Waals surface area contributed by atoms with Crippen LogP contribution >= 0.6 is 0 Å². The van der Waals surface area contributed by atoms with Crippen LogP contribution in [-0.4, -0.2) is 9.78 Å². The Morgan fingerprint density at radius 1 is 1.33 bits per heavy atom. The monoisotopic (exact) mass is 210 g/mol. The van der Waals surface area contributed by atoms with Gasteiger partial charge in [0.05, 0.1) is 0 Å². The summed E-state index contributed by atoms with van der Waals surface area (Å²) in [5.41, 5.74) is 2.28. The van der Waals surface area contributed by atoms with Crippen molar-refractivity contribution in [1.29, 1.82) is 0 Å². The van der Waals surface area contributed by atoms with E-state index in [4.69, 9.17) is 0 Å². The summed E-state index contributed by atoms with van der Waals surface area (Å²) in [4.78, 5) is 12.0. The van der Waals surface area contributed by atoms with E-state index in [2.05, 4.69) is 25.9 Å². The number of nitrogens with zero attached hydrogens (tertiary/aromatic N) is 1. The minimum Gasteiger partial charge on any atom is -0.299 e. The smallest absolute Gasteiger partial charge is 0.270 e. The fraction of sp³-hybridized carbons (Fsp3) is 0.750. The maximum Gasteiger partial charge on any atom is 0.270 e. The van der Waals surface area contributed by atoms with Crippen molar-refractivity contribution < 1.29 is 0 Å². The lowest BCUT2D eigenvalue weighted by atomic mass is 10.0. The molecular weight excluding hydrogens is 188 g/mol. The van der Waals surface area contributed by atoms with E-state index in [-0.39, 0.29) is 5.56 Å². The Bertz CT molecular complexity index is 360. The molecule has 0 atom stereocenters. The van der Waals surface area contributed by atoms with Gasteiger partial charge in [0.2, 0.25) is 0 Å². The van der Waals surface area contributed by atoms with Gasteiger partial charge in [-0.05, 0) is 25.7 Å². The predicted octanol–water partition coefficient (Wildman–Crippen LogP) is 2.66. The molecule has 0 bridgehead atoms. The molecule has 0 saturated carbocycles. The molecule has 1 aromatic rings. The van der Waals surface area contributed by atoms with Gasteiger partial charge in [0.25, 0.3) is 5.56 Å². The van der Waals surface area contributed by atoms with Gasteiger partial charge in [-0.15, -0.1) is 0 Å². The van der Waals surface area contributed by atoms with Crippen molar-refractivity contribution in [2.45, 2.75) is 59.4 Å². The van der Waals surface area contributed by atoms with Crippen LogP contribution in [-0.2, 0) is 13.0 Å². The summed E-state index contributed by atoms with van der Waals surface area (Å²) < 4.78 is 1.71. The van der Waals surface area contributed by atoms with E-state index >= 15 is 0 Å². The number of aryl methyl sites for hydroxylation is 2. The molecule has 0 amide bonds. The van der Waals surface area contributed by atoms with Gasteiger partial charge in [0.15, 0.2) is 0 Å². The Labute approximate surface area is 91.5 Å². The summed E-state index contributed by atoms with van der Waals surface area (Å²) in [6.07, 6.45) is 3.30. The summed E-state index contributed by atoms with van der Waals surface area (Å²) in [6.45, 7) is 9.06. The minimum absolute atomic E-state index is 0.165. The number of hydrogen-bond donors (Lipinski definition) is 1. The molecule has 0 radical (unpaired) electrons.